The molecule has 0 spiro atoms. The molecule has 1 aliphatic heterocycles. The number of hydrogen-bond acceptors (Lipinski definition) is 8. The summed E-state index contributed by atoms with van der Waals surface area (Å²) in [6.45, 7) is 7.21. The summed E-state index contributed by atoms with van der Waals surface area (Å²) in [5, 5.41) is 0. The Hall–Kier alpha value is -1.93. The van der Waals surface area contributed by atoms with E-state index in [1.54, 1.807) is 0 Å². The quantitative estimate of drug-likeness (QED) is 0.393. The van der Waals surface area contributed by atoms with Crippen LogP contribution in [-0.4, -0.2) is 55.7 Å². The summed E-state index contributed by atoms with van der Waals surface area (Å²) in [6.07, 6.45) is -2.44. The van der Waals surface area contributed by atoms with Crippen LogP contribution in [0, 0.1) is 0 Å². The van der Waals surface area contributed by atoms with Crippen LogP contribution < -0.4 is 0 Å². The van der Waals surface area contributed by atoms with Gasteiger partial charge in [-0.25, -0.2) is 0 Å². The summed E-state index contributed by atoms with van der Waals surface area (Å²) in [6, 6.07) is 0. The third-order valence-electron chi connectivity index (χ3n) is 2.68. The lowest BCUT2D eigenvalue weighted by Gasteiger charge is -2.39. The Morgan fingerprint density at radius 1 is 1.05 bits per heavy atom. The average molecular weight is 316 g/mol. The molecule has 8 nitrogen and oxygen atoms in total. The molecular weight excluding hydrogens is 296 g/mol. The van der Waals surface area contributed by atoms with Crippen molar-refractivity contribution in [1.29, 1.82) is 0 Å². The Morgan fingerprint density at radius 3 is 2.09 bits per heavy atom. The number of ether oxygens (including phenoxy) is 5. The molecule has 22 heavy (non-hydrogen) atoms. The van der Waals surface area contributed by atoms with E-state index in [1.807, 2.05) is 0 Å². The highest BCUT2D eigenvalue weighted by atomic mass is 16.7. The van der Waals surface area contributed by atoms with E-state index in [9.17, 15) is 14.4 Å². The van der Waals surface area contributed by atoms with Crippen LogP contribution >= 0.6 is 0 Å². The second-order valence-corrected chi connectivity index (χ2v) is 4.62. The van der Waals surface area contributed by atoms with Crippen molar-refractivity contribution in [2.75, 3.05) is 13.2 Å². The van der Waals surface area contributed by atoms with Crippen molar-refractivity contribution in [3.05, 3.63) is 12.7 Å². The van der Waals surface area contributed by atoms with E-state index in [0.717, 1.165) is 0 Å². The Kier molecular flexibility index (Phi) is 7.00. The summed E-state index contributed by atoms with van der Waals surface area (Å²) in [7, 11) is 0. The van der Waals surface area contributed by atoms with Gasteiger partial charge in [-0.1, -0.05) is 6.08 Å². The molecule has 0 aromatic carbocycles. The molecule has 1 heterocycles. The van der Waals surface area contributed by atoms with E-state index in [0.29, 0.717) is 0 Å². The maximum absolute atomic E-state index is 11.3. The molecule has 0 aliphatic carbocycles. The zero-order valence-corrected chi connectivity index (χ0v) is 12.8. The number of hydrogen-bond donors (Lipinski definition) is 0. The van der Waals surface area contributed by atoms with Crippen LogP contribution in [0.25, 0.3) is 0 Å². The maximum Gasteiger partial charge on any atom is 0.303 e. The molecule has 0 N–H and O–H groups in total. The first-order valence-corrected chi connectivity index (χ1v) is 6.71. The van der Waals surface area contributed by atoms with Crippen LogP contribution in [0.4, 0.5) is 0 Å². The molecule has 1 aliphatic rings. The fraction of sp³-hybridized carbons (Fsp3) is 0.643. The first kappa shape index (κ1) is 18.1. The van der Waals surface area contributed by atoms with Crippen LogP contribution in [0.15, 0.2) is 12.7 Å². The zero-order valence-electron chi connectivity index (χ0n) is 12.8. The fourth-order valence-corrected chi connectivity index (χ4v) is 2.01. The SMILES string of the molecule is C=CCO[C@H]1OC[C@@H](OC(C)=O)[C@@H](OC(C)=O)[C@@H]1OC(C)=O. The molecule has 1 rings (SSSR count). The van der Waals surface area contributed by atoms with Crippen molar-refractivity contribution in [1.82, 2.24) is 0 Å². The van der Waals surface area contributed by atoms with Crippen LogP contribution in [0.3, 0.4) is 0 Å². The Morgan fingerprint density at radius 2 is 1.59 bits per heavy atom. The molecule has 0 saturated carbocycles. The molecule has 0 bridgehead atoms. The van der Waals surface area contributed by atoms with Gasteiger partial charge in [-0.2, -0.15) is 0 Å². The normalized spacial score (nSPS) is 27.6. The summed E-state index contributed by atoms with van der Waals surface area (Å²) in [5.74, 6) is -1.79. The van der Waals surface area contributed by atoms with Gasteiger partial charge in [0.05, 0.1) is 13.2 Å². The summed E-state index contributed by atoms with van der Waals surface area (Å²) >= 11 is 0. The number of carbonyl (C=O) groups is 3. The van der Waals surface area contributed by atoms with Gasteiger partial charge in [0.15, 0.2) is 24.6 Å². The first-order chi connectivity index (χ1) is 10.3. The molecular formula is C14H20O8. The fourth-order valence-electron chi connectivity index (χ4n) is 2.01. The van der Waals surface area contributed by atoms with Gasteiger partial charge in [-0.3, -0.25) is 14.4 Å². The molecule has 1 saturated heterocycles. The van der Waals surface area contributed by atoms with E-state index < -0.39 is 42.5 Å². The third-order valence-corrected chi connectivity index (χ3v) is 2.68. The van der Waals surface area contributed by atoms with Gasteiger partial charge in [0.25, 0.3) is 0 Å². The van der Waals surface area contributed by atoms with Crippen LogP contribution in [0.1, 0.15) is 20.8 Å². The second-order valence-electron chi connectivity index (χ2n) is 4.62. The first-order valence-electron chi connectivity index (χ1n) is 6.71. The molecule has 0 radical (unpaired) electrons. The topological polar surface area (TPSA) is 97.4 Å². The standard InChI is InChI=1S/C14H20O8/c1-5-6-18-14-13(22-10(4)17)12(21-9(3)16)11(7-19-14)20-8(2)15/h5,11-14H,1,6-7H2,2-4H3/t11-,12-,13+,14+/m1/s1. The molecule has 8 heteroatoms. The lowest BCUT2D eigenvalue weighted by atomic mass is 10.0. The Balaban J connectivity index is 2.97. The molecule has 0 aromatic heterocycles. The predicted molar refractivity (Wildman–Crippen MR) is 72.6 cm³/mol. The zero-order chi connectivity index (χ0) is 16.7. The third kappa shape index (κ3) is 5.45. The minimum Gasteiger partial charge on any atom is -0.456 e. The molecule has 0 amide bonds. The van der Waals surface area contributed by atoms with Crippen molar-refractivity contribution in [3.63, 3.8) is 0 Å². The van der Waals surface area contributed by atoms with Crippen LogP contribution in [-0.2, 0) is 38.1 Å². The Bertz CT molecular complexity index is 433. The van der Waals surface area contributed by atoms with Crippen molar-refractivity contribution >= 4 is 17.9 Å². The number of esters is 3. The van der Waals surface area contributed by atoms with Crippen molar-refractivity contribution < 1.29 is 38.1 Å². The van der Waals surface area contributed by atoms with Crippen LogP contribution in [0.5, 0.6) is 0 Å². The summed E-state index contributed by atoms with van der Waals surface area (Å²) in [4.78, 5) is 33.7. The molecule has 124 valence electrons. The lowest BCUT2D eigenvalue weighted by Crippen LogP contribution is -2.58. The average Bonchev–Trinajstić information content (AvgIpc) is 2.40. The van der Waals surface area contributed by atoms with E-state index >= 15 is 0 Å². The second kappa shape index (κ2) is 8.50. The monoisotopic (exact) mass is 316 g/mol. The van der Waals surface area contributed by atoms with E-state index in [-0.39, 0.29) is 13.2 Å². The van der Waals surface area contributed by atoms with Crippen molar-refractivity contribution in [2.24, 2.45) is 0 Å². The Labute approximate surface area is 128 Å². The highest BCUT2D eigenvalue weighted by molar-refractivity contribution is 5.68. The van der Waals surface area contributed by atoms with Gasteiger partial charge in [0.2, 0.25) is 0 Å². The largest absolute Gasteiger partial charge is 0.456 e. The van der Waals surface area contributed by atoms with E-state index in [2.05, 4.69) is 6.58 Å². The van der Waals surface area contributed by atoms with Gasteiger partial charge in [0, 0.05) is 20.8 Å². The summed E-state index contributed by atoms with van der Waals surface area (Å²) < 4.78 is 26.1. The van der Waals surface area contributed by atoms with Gasteiger partial charge < -0.3 is 23.7 Å². The van der Waals surface area contributed by atoms with Crippen LogP contribution in [0.2, 0.25) is 0 Å². The van der Waals surface area contributed by atoms with E-state index in [1.165, 1.54) is 26.8 Å². The summed E-state index contributed by atoms with van der Waals surface area (Å²) in [5.41, 5.74) is 0. The van der Waals surface area contributed by atoms with E-state index in [4.69, 9.17) is 23.7 Å². The van der Waals surface area contributed by atoms with Gasteiger partial charge in [0.1, 0.15) is 0 Å². The molecule has 0 unspecified atom stereocenters. The molecule has 4 atom stereocenters. The minimum atomic E-state index is -1.06. The maximum atomic E-state index is 11.3. The van der Waals surface area contributed by atoms with Crippen molar-refractivity contribution in [3.8, 4) is 0 Å². The van der Waals surface area contributed by atoms with Crippen molar-refractivity contribution in [2.45, 2.75) is 45.4 Å². The van der Waals surface area contributed by atoms with Gasteiger partial charge in [-0.15, -0.1) is 6.58 Å². The van der Waals surface area contributed by atoms with Gasteiger partial charge >= 0.3 is 17.9 Å². The molecule has 1 fully saturated rings. The smallest absolute Gasteiger partial charge is 0.303 e. The minimum absolute atomic E-state index is 0.0584. The highest BCUT2D eigenvalue weighted by Gasteiger charge is 2.47. The number of rotatable bonds is 6. The lowest BCUT2D eigenvalue weighted by molar-refractivity contribution is -0.278. The molecule has 0 aromatic rings. The predicted octanol–water partition coefficient (Wildman–Crippen LogP) is 0.340. The van der Waals surface area contributed by atoms with Gasteiger partial charge in [-0.05, 0) is 0 Å². The highest BCUT2D eigenvalue weighted by Crippen LogP contribution is 2.25. The number of carbonyl (C=O) groups excluding carboxylic acids is 3.